The molecule has 0 bridgehead atoms. The van der Waals surface area contributed by atoms with E-state index in [4.69, 9.17) is 5.73 Å². The van der Waals surface area contributed by atoms with E-state index < -0.39 is 6.04 Å². The first kappa shape index (κ1) is 22.3. The molecule has 0 aromatic heterocycles. The fraction of sp³-hybridized carbons (Fsp3) is 0.348. The Kier molecular flexibility index (Phi) is 7.25. The van der Waals surface area contributed by atoms with E-state index in [1.165, 1.54) is 4.90 Å². The molecule has 8 heteroatoms. The molecule has 0 saturated carbocycles. The summed E-state index contributed by atoms with van der Waals surface area (Å²) in [5.74, 6) is -0.481. The van der Waals surface area contributed by atoms with Crippen molar-refractivity contribution in [1.82, 2.24) is 15.1 Å². The van der Waals surface area contributed by atoms with Gasteiger partial charge in [0.15, 0.2) is 0 Å². The van der Waals surface area contributed by atoms with Crippen molar-refractivity contribution in [3.05, 3.63) is 65.2 Å². The molecule has 1 saturated heterocycles. The molecule has 1 fully saturated rings. The van der Waals surface area contributed by atoms with Crippen LogP contribution < -0.4 is 16.4 Å². The Morgan fingerprint density at radius 1 is 1.03 bits per heavy atom. The summed E-state index contributed by atoms with van der Waals surface area (Å²) < 4.78 is 0. The first-order valence-corrected chi connectivity index (χ1v) is 10.4. The van der Waals surface area contributed by atoms with Gasteiger partial charge in [0, 0.05) is 37.4 Å². The third kappa shape index (κ3) is 5.61. The average molecular weight is 424 g/mol. The van der Waals surface area contributed by atoms with E-state index in [0.717, 1.165) is 11.1 Å². The summed E-state index contributed by atoms with van der Waals surface area (Å²) in [5.41, 5.74) is 8.79. The molecule has 4 amide bonds. The number of hydrogen-bond donors (Lipinski definition) is 3. The average Bonchev–Trinajstić information content (AvgIpc) is 2.78. The number of nitrogens with zero attached hydrogens (tertiary/aromatic N) is 2. The predicted octanol–water partition coefficient (Wildman–Crippen LogP) is 1.74. The summed E-state index contributed by atoms with van der Waals surface area (Å²) in [7, 11) is 0. The van der Waals surface area contributed by atoms with Crippen molar-refractivity contribution in [3.8, 4) is 0 Å². The van der Waals surface area contributed by atoms with Gasteiger partial charge in [-0.2, -0.15) is 0 Å². The van der Waals surface area contributed by atoms with Gasteiger partial charge in [0.25, 0.3) is 5.91 Å². The number of amides is 4. The number of nitrogens with one attached hydrogen (secondary N) is 2. The van der Waals surface area contributed by atoms with Gasteiger partial charge in [-0.1, -0.05) is 35.4 Å². The monoisotopic (exact) mass is 423 g/mol. The summed E-state index contributed by atoms with van der Waals surface area (Å²) in [6, 6.07) is 13.6. The number of benzene rings is 2. The van der Waals surface area contributed by atoms with Crippen LogP contribution in [0.2, 0.25) is 0 Å². The van der Waals surface area contributed by atoms with Crippen molar-refractivity contribution in [2.45, 2.75) is 19.9 Å². The van der Waals surface area contributed by atoms with Crippen LogP contribution in [0, 0.1) is 13.8 Å². The molecular weight excluding hydrogens is 394 g/mol. The van der Waals surface area contributed by atoms with Gasteiger partial charge in [-0.3, -0.25) is 9.59 Å². The maximum atomic E-state index is 13.0. The van der Waals surface area contributed by atoms with Gasteiger partial charge in [0.2, 0.25) is 5.91 Å². The van der Waals surface area contributed by atoms with Crippen LogP contribution in [0.5, 0.6) is 0 Å². The molecule has 31 heavy (non-hydrogen) atoms. The second-order valence-corrected chi connectivity index (χ2v) is 7.71. The summed E-state index contributed by atoms with van der Waals surface area (Å²) in [5, 5.41) is 5.58. The van der Waals surface area contributed by atoms with E-state index in [2.05, 4.69) is 10.6 Å². The van der Waals surface area contributed by atoms with Crippen LogP contribution in [-0.2, 0) is 4.79 Å². The van der Waals surface area contributed by atoms with Crippen LogP contribution in [-0.4, -0.2) is 66.4 Å². The Bertz CT molecular complexity index is 944. The summed E-state index contributed by atoms with van der Waals surface area (Å²) >= 11 is 0. The lowest BCUT2D eigenvalue weighted by molar-refractivity contribution is -0.126. The third-order valence-electron chi connectivity index (χ3n) is 5.24. The highest BCUT2D eigenvalue weighted by Crippen LogP contribution is 2.17. The zero-order chi connectivity index (χ0) is 22.4. The maximum Gasteiger partial charge on any atom is 0.322 e. The molecule has 0 aliphatic carbocycles. The van der Waals surface area contributed by atoms with Crippen LogP contribution in [0.15, 0.2) is 48.5 Å². The minimum absolute atomic E-state index is 0.116. The van der Waals surface area contributed by atoms with Crippen molar-refractivity contribution in [1.29, 1.82) is 0 Å². The summed E-state index contributed by atoms with van der Waals surface area (Å²) in [6.07, 6.45) is 0. The zero-order valence-corrected chi connectivity index (χ0v) is 17.9. The van der Waals surface area contributed by atoms with Crippen LogP contribution in [0.3, 0.4) is 0 Å². The highest BCUT2D eigenvalue weighted by molar-refractivity contribution is 5.97. The lowest BCUT2D eigenvalue weighted by Gasteiger charge is -2.40. The highest BCUT2D eigenvalue weighted by atomic mass is 16.2. The first-order chi connectivity index (χ1) is 14.9. The molecule has 0 radical (unpaired) electrons. The molecule has 3 rings (SSSR count). The lowest BCUT2D eigenvalue weighted by atomic mass is 10.1. The lowest BCUT2D eigenvalue weighted by Crippen LogP contribution is -2.62. The predicted molar refractivity (Wildman–Crippen MR) is 120 cm³/mol. The molecule has 8 nitrogen and oxygen atoms in total. The van der Waals surface area contributed by atoms with E-state index in [-0.39, 0.29) is 30.9 Å². The zero-order valence-electron chi connectivity index (χ0n) is 17.9. The van der Waals surface area contributed by atoms with E-state index in [1.54, 1.807) is 11.0 Å². The molecule has 0 spiro atoms. The molecule has 2 aromatic rings. The number of carbonyl (C=O) groups excluding carboxylic acids is 3. The van der Waals surface area contributed by atoms with Crippen LogP contribution in [0.1, 0.15) is 21.5 Å². The Morgan fingerprint density at radius 2 is 1.77 bits per heavy atom. The molecule has 1 aliphatic heterocycles. The Balaban J connectivity index is 1.76. The molecule has 1 unspecified atom stereocenters. The van der Waals surface area contributed by atoms with Gasteiger partial charge in [0.1, 0.15) is 6.04 Å². The normalized spacial score (nSPS) is 16.0. The molecule has 4 N–H and O–H groups in total. The van der Waals surface area contributed by atoms with Gasteiger partial charge < -0.3 is 26.2 Å². The van der Waals surface area contributed by atoms with E-state index in [9.17, 15) is 14.4 Å². The molecule has 1 atom stereocenters. The quantitative estimate of drug-likeness (QED) is 0.681. The van der Waals surface area contributed by atoms with Gasteiger partial charge in [-0.25, -0.2) is 4.79 Å². The first-order valence-electron chi connectivity index (χ1n) is 10.4. The van der Waals surface area contributed by atoms with Crippen LogP contribution in [0.4, 0.5) is 10.5 Å². The highest BCUT2D eigenvalue weighted by Gasteiger charge is 2.37. The summed E-state index contributed by atoms with van der Waals surface area (Å²) in [6.45, 7) is 5.19. The number of nitrogens with two attached hydrogens (primary N) is 1. The minimum atomic E-state index is -0.806. The second kappa shape index (κ2) is 10.1. The summed E-state index contributed by atoms with van der Waals surface area (Å²) in [4.78, 5) is 41.8. The number of aryl methyl sites for hydroxylation is 2. The maximum absolute atomic E-state index is 13.0. The topological polar surface area (TPSA) is 108 Å². The van der Waals surface area contributed by atoms with Crippen molar-refractivity contribution in [2.75, 3.05) is 38.0 Å². The van der Waals surface area contributed by atoms with Gasteiger partial charge >= 0.3 is 6.03 Å². The fourth-order valence-electron chi connectivity index (χ4n) is 3.54. The molecule has 164 valence electrons. The minimum Gasteiger partial charge on any atom is -0.353 e. The van der Waals surface area contributed by atoms with Crippen LogP contribution >= 0.6 is 0 Å². The SMILES string of the molecule is Cc1ccc(NC(=O)N2CCN(C(=O)c3cccc(C)c3)CC2C(=O)NCCN)cc1. The van der Waals surface area contributed by atoms with Gasteiger partial charge in [0.05, 0.1) is 6.54 Å². The molecular formula is C23H29N5O3. The number of anilines is 1. The smallest absolute Gasteiger partial charge is 0.322 e. The van der Waals surface area contributed by atoms with Crippen molar-refractivity contribution >= 4 is 23.5 Å². The van der Waals surface area contributed by atoms with E-state index >= 15 is 0 Å². The fourth-order valence-corrected chi connectivity index (χ4v) is 3.54. The number of rotatable bonds is 5. The Hall–Kier alpha value is -3.39. The van der Waals surface area contributed by atoms with Gasteiger partial charge in [-0.05, 0) is 38.1 Å². The Morgan fingerprint density at radius 3 is 2.45 bits per heavy atom. The number of carbonyl (C=O) groups is 3. The molecule has 2 aromatic carbocycles. The van der Waals surface area contributed by atoms with E-state index in [1.807, 2.05) is 56.3 Å². The number of hydrogen-bond acceptors (Lipinski definition) is 4. The molecule has 1 aliphatic rings. The number of urea groups is 1. The molecule has 1 heterocycles. The number of piperazine rings is 1. The van der Waals surface area contributed by atoms with E-state index in [0.29, 0.717) is 30.9 Å². The van der Waals surface area contributed by atoms with Gasteiger partial charge in [-0.15, -0.1) is 0 Å². The second-order valence-electron chi connectivity index (χ2n) is 7.71. The third-order valence-corrected chi connectivity index (χ3v) is 5.24. The largest absolute Gasteiger partial charge is 0.353 e. The van der Waals surface area contributed by atoms with Crippen molar-refractivity contribution < 1.29 is 14.4 Å². The standard InChI is InChI=1S/C23H29N5O3/c1-16-6-8-19(9-7-16)26-23(31)28-13-12-27(15-20(28)21(29)25-11-10-24)22(30)18-5-3-4-17(2)14-18/h3-9,14,20H,10-13,15,24H2,1-2H3,(H,25,29)(H,26,31). The van der Waals surface area contributed by atoms with Crippen molar-refractivity contribution in [3.63, 3.8) is 0 Å². The van der Waals surface area contributed by atoms with Crippen molar-refractivity contribution in [2.24, 2.45) is 5.73 Å². The van der Waals surface area contributed by atoms with Crippen LogP contribution in [0.25, 0.3) is 0 Å². The Labute approximate surface area is 182 Å².